The van der Waals surface area contributed by atoms with Crippen LogP contribution in [0.4, 0.5) is 23.2 Å². The fourth-order valence-electron chi connectivity index (χ4n) is 3.52. The van der Waals surface area contributed by atoms with Crippen LogP contribution < -0.4 is 15.4 Å². The van der Waals surface area contributed by atoms with Gasteiger partial charge in [0.2, 0.25) is 11.8 Å². The van der Waals surface area contributed by atoms with Crippen molar-refractivity contribution >= 4 is 35.2 Å². The number of aromatic nitrogens is 2. The molecule has 2 heterocycles. The lowest BCUT2D eigenvalue weighted by atomic mass is 9.97. The number of nitrogens with two attached hydrogens (primary N) is 1. The maximum Gasteiger partial charge on any atom is 0.573 e. The van der Waals surface area contributed by atoms with Gasteiger partial charge in [0.1, 0.15) is 29.0 Å². The Morgan fingerprint density at radius 1 is 1.19 bits per heavy atom. The number of rotatable bonds is 4. The molecule has 0 fully saturated rings. The quantitative estimate of drug-likeness (QED) is 0.368. The minimum Gasteiger partial charge on any atom is -0.611 e. The third-order valence-electron chi connectivity index (χ3n) is 5.29. The molecule has 1 amide bonds. The molecule has 8 nitrogen and oxygen atoms in total. The maximum absolute atomic E-state index is 15.1. The number of carbonyl (C=O) groups is 1. The van der Waals surface area contributed by atoms with Gasteiger partial charge in [-0.2, -0.15) is 0 Å². The number of benzene rings is 2. The van der Waals surface area contributed by atoms with E-state index in [1.54, 1.807) is 0 Å². The zero-order valence-electron chi connectivity index (χ0n) is 19.8. The Hall–Kier alpha value is -2.87. The molecule has 1 unspecified atom stereocenters. The Bertz CT molecular complexity index is 1280. The second kappa shape index (κ2) is 10.5. The van der Waals surface area contributed by atoms with E-state index in [9.17, 15) is 22.5 Å². The molecule has 1 aromatic heterocycles. The Morgan fingerprint density at radius 2 is 1.84 bits per heavy atom. The summed E-state index contributed by atoms with van der Waals surface area (Å²) < 4.78 is 74.9. The average Bonchev–Trinajstić information content (AvgIpc) is 3.25. The molecule has 0 spiro atoms. The maximum atomic E-state index is 15.1. The van der Waals surface area contributed by atoms with Crippen LogP contribution in [0.2, 0.25) is 0 Å². The predicted molar refractivity (Wildman–Crippen MR) is 129 cm³/mol. The molecule has 2 N–H and O–H groups in total. The molecule has 200 valence electrons. The van der Waals surface area contributed by atoms with Gasteiger partial charge in [0, 0.05) is 11.5 Å². The minimum atomic E-state index is -4.85. The van der Waals surface area contributed by atoms with Gasteiger partial charge in [0.05, 0.1) is 12.1 Å². The minimum absolute atomic E-state index is 0. The summed E-state index contributed by atoms with van der Waals surface area (Å²) in [7, 11) is 0. The summed E-state index contributed by atoms with van der Waals surface area (Å²) in [5.74, 6) is -1.87. The summed E-state index contributed by atoms with van der Waals surface area (Å²) in [4.78, 5) is 14.4. The van der Waals surface area contributed by atoms with Crippen LogP contribution in [-0.4, -0.2) is 38.8 Å². The zero-order valence-corrected chi connectivity index (χ0v) is 21.5. The van der Waals surface area contributed by atoms with E-state index in [0.717, 1.165) is 18.2 Å². The number of fused-ring (bicyclic) bond motifs is 1. The normalized spacial score (nSPS) is 18.2. The average molecular weight is 563 g/mol. The van der Waals surface area contributed by atoms with Gasteiger partial charge in [-0.1, -0.05) is 32.9 Å². The number of ether oxygens (including phenoxy) is 1. The summed E-state index contributed by atoms with van der Waals surface area (Å²) in [6, 6.07) is 6.09. The molecule has 2 aromatic carbocycles. The molecule has 2 atom stereocenters. The highest BCUT2D eigenvalue weighted by Gasteiger charge is 2.37. The fourth-order valence-corrected chi connectivity index (χ4v) is 4.81. The van der Waals surface area contributed by atoms with Crippen molar-refractivity contribution in [2.24, 2.45) is 5.73 Å². The number of halogens is 5. The van der Waals surface area contributed by atoms with E-state index in [0.29, 0.717) is 5.56 Å². The first kappa shape index (κ1) is 28.7. The Labute approximate surface area is 218 Å². The Balaban J connectivity index is 0.00000380. The summed E-state index contributed by atoms with van der Waals surface area (Å²) in [5, 5.41) is 7.88. The van der Waals surface area contributed by atoms with Crippen LogP contribution in [0.5, 0.6) is 5.75 Å². The lowest BCUT2D eigenvalue weighted by Crippen LogP contribution is -2.45. The van der Waals surface area contributed by atoms with Gasteiger partial charge in [-0.25, -0.2) is 4.39 Å². The lowest BCUT2D eigenvalue weighted by molar-refractivity contribution is -0.274. The molecule has 0 radical (unpaired) electrons. The number of alkyl halides is 3. The van der Waals surface area contributed by atoms with Gasteiger partial charge in [-0.3, -0.25) is 4.79 Å². The SMILES string of the molecule is CC(C)(C)c1nnc(-c2cc3c(cc2F)[S+]([O-])C[C@H](N)C(=O)N3Cc2ccc(OC(F)(F)F)cc2)o1.Cl. The third-order valence-corrected chi connectivity index (χ3v) is 6.77. The Morgan fingerprint density at radius 3 is 2.41 bits per heavy atom. The van der Waals surface area contributed by atoms with Crippen LogP contribution in [0.25, 0.3) is 11.5 Å². The molecule has 1 aliphatic rings. The monoisotopic (exact) mass is 562 g/mol. The van der Waals surface area contributed by atoms with Crippen molar-refractivity contribution in [3.05, 3.63) is 53.7 Å². The standard InChI is InChI=1S/C23H22F4N4O4S.ClH/c1-22(2,3)21-30-29-19(34-21)14-8-17-18(9-15(14)24)36(33)11-16(28)20(32)31(17)10-12-4-6-13(7-5-12)35-23(25,26)27;/h4-9,16H,10-11,28H2,1-3H3;1H/t16-,36?;/m0./s1. The molecule has 0 saturated carbocycles. The molecule has 1 aliphatic heterocycles. The number of carbonyl (C=O) groups excluding carboxylic acids is 1. The first-order valence-electron chi connectivity index (χ1n) is 10.7. The van der Waals surface area contributed by atoms with Crippen molar-refractivity contribution in [1.29, 1.82) is 0 Å². The second-order valence-electron chi connectivity index (χ2n) is 9.20. The van der Waals surface area contributed by atoms with Gasteiger partial charge in [0.25, 0.3) is 5.89 Å². The van der Waals surface area contributed by atoms with Crippen LogP contribution in [0.15, 0.2) is 45.7 Å². The first-order chi connectivity index (χ1) is 16.7. The van der Waals surface area contributed by atoms with Crippen LogP contribution >= 0.6 is 12.4 Å². The van der Waals surface area contributed by atoms with Gasteiger partial charge in [-0.15, -0.1) is 35.8 Å². The number of nitrogens with zero attached hydrogens (tertiary/aromatic N) is 3. The lowest BCUT2D eigenvalue weighted by Gasteiger charge is -2.23. The molecule has 0 aliphatic carbocycles. The van der Waals surface area contributed by atoms with Crippen molar-refractivity contribution in [1.82, 2.24) is 10.2 Å². The van der Waals surface area contributed by atoms with Gasteiger partial charge in [-0.05, 0) is 34.9 Å². The van der Waals surface area contributed by atoms with Gasteiger partial charge in [0.15, 0.2) is 4.90 Å². The smallest absolute Gasteiger partial charge is 0.573 e. The molecule has 37 heavy (non-hydrogen) atoms. The second-order valence-corrected chi connectivity index (χ2v) is 10.7. The molecular weight excluding hydrogens is 540 g/mol. The number of hydrogen-bond acceptors (Lipinski definition) is 7. The van der Waals surface area contributed by atoms with Crippen LogP contribution in [0.1, 0.15) is 32.2 Å². The van der Waals surface area contributed by atoms with E-state index in [1.165, 1.54) is 23.1 Å². The van der Waals surface area contributed by atoms with Crippen LogP contribution in [-0.2, 0) is 27.9 Å². The zero-order chi connectivity index (χ0) is 26.4. The summed E-state index contributed by atoms with van der Waals surface area (Å²) >= 11 is -1.80. The highest BCUT2D eigenvalue weighted by Crippen LogP contribution is 2.37. The molecule has 3 aromatic rings. The highest BCUT2D eigenvalue weighted by molar-refractivity contribution is 7.91. The molecular formula is C23H23ClF4N4O4S. The largest absolute Gasteiger partial charge is 0.611 e. The van der Waals surface area contributed by atoms with Crippen molar-refractivity contribution in [3.8, 4) is 17.2 Å². The third kappa shape index (κ3) is 6.35. The predicted octanol–water partition coefficient (Wildman–Crippen LogP) is 4.48. The topological polar surface area (TPSA) is 118 Å². The van der Waals surface area contributed by atoms with E-state index in [1.807, 2.05) is 20.8 Å². The van der Waals surface area contributed by atoms with Crippen molar-refractivity contribution < 1.29 is 36.1 Å². The fraction of sp³-hybridized carbons (Fsp3) is 0.348. The van der Waals surface area contributed by atoms with Crippen molar-refractivity contribution in [2.75, 3.05) is 10.7 Å². The van der Waals surface area contributed by atoms with Crippen molar-refractivity contribution in [3.63, 3.8) is 0 Å². The molecule has 4 rings (SSSR count). The summed E-state index contributed by atoms with van der Waals surface area (Å²) in [5.41, 5.74) is 5.92. The number of anilines is 1. The van der Waals surface area contributed by atoms with E-state index < -0.39 is 46.5 Å². The molecule has 14 heteroatoms. The first-order valence-corrected chi connectivity index (χ1v) is 12.0. The Kier molecular flexibility index (Phi) is 8.13. The highest BCUT2D eigenvalue weighted by atomic mass is 35.5. The molecule has 0 bridgehead atoms. The number of amides is 1. The van der Waals surface area contributed by atoms with Crippen LogP contribution in [0.3, 0.4) is 0 Å². The van der Waals surface area contributed by atoms with E-state index >= 15 is 4.39 Å². The van der Waals surface area contributed by atoms with E-state index in [-0.39, 0.29) is 52.6 Å². The summed E-state index contributed by atoms with van der Waals surface area (Å²) in [6.07, 6.45) is -4.85. The van der Waals surface area contributed by atoms with E-state index in [4.69, 9.17) is 10.2 Å². The van der Waals surface area contributed by atoms with Gasteiger partial charge >= 0.3 is 6.36 Å². The summed E-state index contributed by atoms with van der Waals surface area (Å²) in [6.45, 7) is 5.39. The van der Waals surface area contributed by atoms with E-state index in [2.05, 4.69) is 14.9 Å². The van der Waals surface area contributed by atoms with Crippen LogP contribution in [0, 0.1) is 5.82 Å². The van der Waals surface area contributed by atoms with Crippen molar-refractivity contribution in [2.45, 2.75) is 50.0 Å². The molecule has 0 saturated heterocycles. The number of hydrogen-bond donors (Lipinski definition) is 1. The van der Waals surface area contributed by atoms with Gasteiger partial charge < -0.3 is 24.3 Å².